The molecule has 1 aromatic carbocycles. The molecule has 0 aliphatic rings. The van der Waals surface area contributed by atoms with Gasteiger partial charge >= 0.3 is 0 Å². The van der Waals surface area contributed by atoms with Crippen LogP contribution in [0.3, 0.4) is 0 Å². The average molecular weight is 231 g/mol. The highest BCUT2D eigenvalue weighted by Crippen LogP contribution is 2.02. The SMILES string of the molecule is BrCc1ccccc1.CC.CC. The van der Waals surface area contributed by atoms with Gasteiger partial charge in [0.2, 0.25) is 0 Å². The number of hydrogen-bond acceptors (Lipinski definition) is 0. The van der Waals surface area contributed by atoms with E-state index < -0.39 is 0 Å². The molecule has 0 amide bonds. The summed E-state index contributed by atoms with van der Waals surface area (Å²) in [7, 11) is 0. The molecule has 12 heavy (non-hydrogen) atoms. The van der Waals surface area contributed by atoms with Crippen LogP contribution in [0.1, 0.15) is 33.3 Å². The summed E-state index contributed by atoms with van der Waals surface area (Å²) in [5, 5.41) is 0.952. The zero-order valence-electron chi connectivity index (χ0n) is 8.47. The molecule has 0 aliphatic heterocycles. The van der Waals surface area contributed by atoms with Crippen molar-refractivity contribution in [1.82, 2.24) is 0 Å². The van der Waals surface area contributed by atoms with E-state index in [4.69, 9.17) is 0 Å². The molecule has 0 radical (unpaired) electrons. The van der Waals surface area contributed by atoms with Gasteiger partial charge in [0.25, 0.3) is 0 Å². The Kier molecular flexibility index (Phi) is 15.8. The van der Waals surface area contributed by atoms with Crippen LogP contribution in [0.5, 0.6) is 0 Å². The summed E-state index contributed by atoms with van der Waals surface area (Å²) >= 11 is 3.36. The van der Waals surface area contributed by atoms with Crippen molar-refractivity contribution in [2.24, 2.45) is 0 Å². The molecule has 0 spiro atoms. The van der Waals surface area contributed by atoms with E-state index in [-0.39, 0.29) is 0 Å². The first-order valence-corrected chi connectivity index (χ1v) is 5.65. The van der Waals surface area contributed by atoms with Crippen molar-refractivity contribution in [3.8, 4) is 0 Å². The maximum absolute atomic E-state index is 3.36. The Hall–Kier alpha value is -0.300. The van der Waals surface area contributed by atoms with Gasteiger partial charge in [0.1, 0.15) is 0 Å². The Balaban J connectivity index is 0. The molecule has 0 atom stereocenters. The number of alkyl halides is 1. The number of benzene rings is 1. The summed E-state index contributed by atoms with van der Waals surface area (Å²) in [5.41, 5.74) is 1.33. The fraction of sp³-hybridized carbons (Fsp3) is 0.455. The molecule has 0 nitrogen and oxygen atoms in total. The van der Waals surface area contributed by atoms with Crippen LogP contribution in [0.2, 0.25) is 0 Å². The molecule has 1 rings (SSSR count). The standard InChI is InChI=1S/C7H7Br.2C2H6/c8-6-7-4-2-1-3-5-7;2*1-2/h1-5H,6H2;2*1-2H3. The minimum Gasteiger partial charge on any atom is -0.0876 e. The number of halogens is 1. The lowest BCUT2D eigenvalue weighted by Gasteiger charge is -1.88. The topological polar surface area (TPSA) is 0 Å². The second-order valence-corrected chi connectivity index (χ2v) is 2.18. The van der Waals surface area contributed by atoms with Crippen molar-refractivity contribution in [3.05, 3.63) is 35.9 Å². The highest BCUT2D eigenvalue weighted by atomic mass is 79.9. The van der Waals surface area contributed by atoms with Crippen LogP contribution < -0.4 is 0 Å². The van der Waals surface area contributed by atoms with Crippen LogP contribution in [0, 0.1) is 0 Å². The van der Waals surface area contributed by atoms with Gasteiger partial charge in [-0.15, -0.1) is 0 Å². The molecule has 0 aliphatic carbocycles. The number of hydrogen-bond donors (Lipinski definition) is 0. The quantitative estimate of drug-likeness (QED) is 0.618. The third kappa shape index (κ3) is 7.80. The number of rotatable bonds is 1. The van der Waals surface area contributed by atoms with Crippen LogP contribution in [-0.2, 0) is 5.33 Å². The molecule has 0 aromatic heterocycles. The summed E-state index contributed by atoms with van der Waals surface area (Å²) in [6, 6.07) is 10.3. The van der Waals surface area contributed by atoms with Gasteiger partial charge in [-0.05, 0) is 5.56 Å². The van der Waals surface area contributed by atoms with Crippen molar-refractivity contribution in [3.63, 3.8) is 0 Å². The first-order valence-electron chi connectivity index (χ1n) is 4.53. The first kappa shape index (κ1) is 14.2. The van der Waals surface area contributed by atoms with Crippen molar-refractivity contribution in [2.45, 2.75) is 33.0 Å². The van der Waals surface area contributed by atoms with Crippen LogP contribution in [-0.4, -0.2) is 0 Å². The van der Waals surface area contributed by atoms with E-state index in [9.17, 15) is 0 Å². The minimum atomic E-state index is 0.952. The van der Waals surface area contributed by atoms with Crippen LogP contribution in [0.15, 0.2) is 30.3 Å². The molecule has 1 aromatic rings. The van der Waals surface area contributed by atoms with Crippen molar-refractivity contribution in [1.29, 1.82) is 0 Å². The molecule has 0 heterocycles. The summed E-state index contributed by atoms with van der Waals surface area (Å²) in [6.45, 7) is 8.00. The highest BCUT2D eigenvalue weighted by molar-refractivity contribution is 9.08. The van der Waals surface area contributed by atoms with Crippen molar-refractivity contribution < 1.29 is 0 Å². The van der Waals surface area contributed by atoms with Crippen LogP contribution in [0.25, 0.3) is 0 Å². The zero-order valence-corrected chi connectivity index (χ0v) is 10.1. The summed E-state index contributed by atoms with van der Waals surface area (Å²) in [4.78, 5) is 0. The van der Waals surface area contributed by atoms with Gasteiger partial charge < -0.3 is 0 Å². The molecule has 0 N–H and O–H groups in total. The minimum absolute atomic E-state index is 0.952. The highest BCUT2D eigenvalue weighted by Gasteiger charge is 1.81. The Morgan fingerprint density at radius 2 is 1.33 bits per heavy atom. The van der Waals surface area contributed by atoms with Crippen molar-refractivity contribution in [2.75, 3.05) is 0 Å². The normalized spacial score (nSPS) is 7.08. The molecule has 70 valence electrons. The molecule has 0 unspecified atom stereocenters. The van der Waals surface area contributed by atoms with E-state index in [1.54, 1.807) is 0 Å². The fourth-order valence-electron chi connectivity index (χ4n) is 0.567. The fourth-order valence-corrected chi connectivity index (χ4v) is 0.941. The molecule has 0 saturated heterocycles. The molecule has 0 saturated carbocycles. The molecule has 0 fully saturated rings. The van der Waals surface area contributed by atoms with E-state index in [0.717, 1.165) is 5.33 Å². The lowest BCUT2D eigenvalue weighted by molar-refractivity contribution is 1.44. The van der Waals surface area contributed by atoms with Gasteiger partial charge in [-0.25, -0.2) is 0 Å². The van der Waals surface area contributed by atoms with Gasteiger partial charge in [0.05, 0.1) is 0 Å². The third-order valence-corrected chi connectivity index (χ3v) is 1.64. The second kappa shape index (κ2) is 13.3. The van der Waals surface area contributed by atoms with E-state index in [2.05, 4.69) is 28.1 Å². The van der Waals surface area contributed by atoms with E-state index >= 15 is 0 Å². The molecule has 0 bridgehead atoms. The van der Waals surface area contributed by atoms with Gasteiger partial charge in [-0.2, -0.15) is 0 Å². The van der Waals surface area contributed by atoms with E-state index in [1.165, 1.54) is 5.56 Å². The average Bonchev–Trinajstić information content (AvgIpc) is 2.25. The maximum atomic E-state index is 3.36. The maximum Gasteiger partial charge on any atom is 0.0283 e. The Morgan fingerprint density at radius 3 is 1.58 bits per heavy atom. The zero-order chi connectivity index (χ0) is 9.82. The summed E-state index contributed by atoms with van der Waals surface area (Å²) in [6.07, 6.45) is 0. The lowest BCUT2D eigenvalue weighted by Crippen LogP contribution is -1.70. The van der Waals surface area contributed by atoms with Crippen molar-refractivity contribution >= 4 is 15.9 Å². The summed E-state index contributed by atoms with van der Waals surface area (Å²) in [5.74, 6) is 0. The summed E-state index contributed by atoms with van der Waals surface area (Å²) < 4.78 is 0. The van der Waals surface area contributed by atoms with Gasteiger partial charge in [-0.1, -0.05) is 74.0 Å². The Morgan fingerprint density at radius 1 is 0.917 bits per heavy atom. The Labute approximate surface area is 85.1 Å². The van der Waals surface area contributed by atoms with Gasteiger partial charge in [0.15, 0.2) is 0 Å². The van der Waals surface area contributed by atoms with Gasteiger partial charge in [0, 0.05) is 5.33 Å². The molecular formula is C11H19Br. The molecule has 1 heteroatoms. The molecular weight excluding hydrogens is 212 g/mol. The third-order valence-electron chi connectivity index (χ3n) is 0.997. The van der Waals surface area contributed by atoms with Gasteiger partial charge in [-0.3, -0.25) is 0 Å². The second-order valence-electron chi connectivity index (χ2n) is 1.62. The Bertz CT molecular complexity index is 146. The predicted octanol–water partition coefficient (Wildman–Crippen LogP) is 4.63. The smallest absolute Gasteiger partial charge is 0.0283 e. The van der Waals surface area contributed by atoms with E-state index in [0.29, 0.717) is 0 Å². The van der Waals surface area contributed by atoms with Crippen LogP contribution in [0.4, 0.5) is 0 Å². The predicted molar refractivity (Wildman–Crippen MR) is 61.8 cm³/mol. The first-order chi connectivity index (χ1) is 5.93. The lowest BCUT2D eigenvalue weighted by atomic mass is 10.2. The monoisotopic (exact) mass is 230 g/mol. The van der Waals surface area contributed by atoms with E-state index in [1.807, 2.05) is 45.9 Å². The largest absolute Gasteiger partial charge is 0.0876 e. The van der Waals surface area contributed by atoms with Crippen LogP contribution >= 0.6 is 15.9 Å².